The lowest BCUT2D eigenvalue weighted by Crippen LogP contribution is -2.03. The van der Waals surface area contributed by atoms with E-state index < -0.39 is 11.9 Å². The molecule has 0 aliphatic carbocycles. The molecule has 6 heteroatoms. The monoisotopic (exact) mass is 322 g/mol. The van der Waals surface area contributed by atoms with E-state index in [1.165, 1.54) is 12.1 Å². The van der Waals surface area contributed by atoms with Crippen LogP contribution in [0.4, 0.5) is 0 Å². The number of benzene rings is 1. The molecular weight excluding hydrogens is 320 g/mol. The highest BCUT2D eigenvalue weighted by atomic mass is 79.9. The molecule has 0 saturated heterocycles. The maximum absolute atomic E-state index is 10.7. The van der Waals surface area contributed by atoms with E-state index >= 15 is 0 Å². The quantitative estimate of drug-likeness (QED) is 0.877. The third-order valence-corrected chi connectivity index (χ3v) is 3.72. The number of carbonyl (C=O) groups is 2. The highest BCUT2D eigenvalue weighted by molar-refractivity contribution is 9.13. The molecule has 1 rings (SSSR count). The van der Waals surface area contributed by atoms with Crippen LogP contribution in [-0.2, 0) is 0 Å². The number of carboxylic acid groups (broad SMARTS) is 2. The first-order valence-corrected chi connectivity index (χ1v) is 4.98. The Balaban J connectivity index is 3.41. The van der Waals surface area contributed by atoms with Gasteiger partial charge in [0.15, 0.2) is 0 Å². The SMILES string of the molecule is O=C(O)c1ccc(C(=O)O)c(Br)c1Br. The molecule has 0 fully saturated rings. The average Bonchev–Trinajstić information content (AvgIpc) is 2.08. The summed E-state index contributed by atoms with van der Waals surface area (Å²) in [6.45, 7) is 0. The molecule has 0 spiro atoms. The van der Waals surface area contributed by atoms with E-state index in [0.29, 0.717) is 0 Å². The molecule has 0 radical (unpaired) electrons. The van der Waals surface area contributed by atoms with Crippen molar-refractivity contribution >= 4 is 43.8 Å². The molecule has 0 bridgehead atoms. The van der Waals surface area contributed by atoms with E-state index in [2.05, 4.69) is 31.9 Å². The summed E-state index contributed by atoms with van der Waals surface area (Å²) >= 11 is 6.02. The van der Waals surface area contributed by atoms with Crippen LogP contribution in [0, 0.1) is 0 Å². The molecule has 1 aromatic carbocycles. The standard InChI is InChI=1S/C8H4Br2O4/c9-5-3(7(11)12)1-2-4(6(5)10)8(13)14/h1-2H,(H,11,12)(H,13,14). The molecule has 0 unspecified atom stereocenters. The molecule has 0 atom stereocenters. The van der Waals surface area contributed by atoms with Crippen molar-refractivity contribution in [3.05, 3.63) is 32.2 Å². The van der Waals surface area contributed by atoms with E-state index in [4.69, 9.17) is 10.2 Å². The maximum atomic E-state index is 10.7. The first-order valence-electron chi connectivity index (χ1n) is 3.39. The zero-order valence-corrected chi connectivity index (χ0v) is 9.79. The van der Waals surface area contributed by atoms with Crippen LogP contribution >= 0.6 is 31.9 Å². The molecule has 0 aliphatic heterocycles. The normalized spacial score (nSPS) is 9.86. The molecule has 2 N–H and O–H groups in total. The van der Waals surface area contributed by atoms with E-state index in [0.717, 1.165) is 0 Å². The Morgan fingerprint density at radius 3 is 1.43 bits per heavy atom. The Morgan fingerprint density at radius 1 is 0.929 bits per heavy atom. The van der Waals surface area contributed by atoms with Crippen LogP contribution in [0.3, 0.4) is 0 Å². The summed E-state index contributed by atoms with van der Waals surface area (Å²) in [5.41, 5.74) is 0.0313. The number of hydrogen-bond donors (Lipinski definition) is 2. The molecule has 0 saturated carbocycles. The fraction of sp³-hybridized carbons (Fsp3) is 0. The molecular formula is C8H4Br2O4. The van der Waals surface area contributed by atoms with Crippen molar-refractivity contribution in [1.29, 1.82) is 0 Å². The van der Waals surface area contributed by atoms with Crippen LogP contribution in [-0.4, -0.2) is 22.2 Å². The minimum absolute atomic E-state index is 0.0156. The van der Waals surface area contributed by atoms with Crippen molar-refractivity contribution in [2.75, 3.05) is 0 Å². The van der Waals surface area contributed by atoms with E-state index in [9.17, 15) is 9.59 Å². The van der Waals surface area contributed by atoms with Crippen LogP contribution in [0.1, 0.15) is 20.7 Å². The van der Waals surface area contributed by atoms with Gasteiger partial charge in [-0.05, 0) is 44.0 Å². The van der Waals surface area contributed by atoms with Gasteiger partial charge < -0.3 is 10.2 Å². The number of halogens is 2. The van der Waals surface area contributed by atoms with Gasteiger partial charge in [0.25, 0.3) is 0 Å². The van der Waals surface area contributed by atoms with Crippen molar-refractivity contribution in [2.24, 2.45) is 0 Å². The van der Waals surface area contributed by atoms with Gasteiger partial charge in [0, 0.05) is 8.95 Å². The van der Waals surface area contributed by atoms with Gasteiger partial charge in [-0.3, -0.25) is 0 Å². The lowest BCUT2D eigenvalue weighted by atomic mass is 10.1. The Bertz CT molecular complexity index is 375. The van der Waals surface area contributed by atoms with Crippen LogP contribution in [0.15, 0.2) is 21.1 Å². The van der Waals surface area contributed by atoms with Crippen molar-refractivity contribution in [3.63, 3.8) is 0 Å². The lowest BCUT2D eigenvalue weighted by molar-refractivity contribution is 0.0679. The second-order valence-electron chi connectivity index (χ2n) is 2.40. The van der Waals surface area contributed by atoms with Crippen molar-refractivity contribution in [2.45, 2.75) is 0 Å². The Labute approximate surface area is 95.8 Å². The second kappa shape index (κ2) is 4.10. The predicted molar refractivity (Wildman–Crippen MR) is 55.8 cm³/mol. The van der Waals surface area contributed by atoms with Gasteiger partial charge >= 0.3 is 11.9 Å². The summed E-state index contributed by atoms with van der Waals surface area (Å²) in [6.07, 6.45) is 0. The van der Waals surface area contributed by atoms with Gasteiger partial charge in [-0.15, -0.1) is 0 Å². The zero-order valence-electron chi connectivity index (χ0n) is 6.62. The van der Waals surface area contributed by atoms with Crippen LogP contribution in [0.25, 0.3) is 0 Å². The third kappa shape index (κ3) is 1.96. The second-order valence-corrected chi connectivity index (χ2v) is 3.98. The van der Waals surface area contributed by atoms with Crippen molar-refractivity contribution in [1.82, 2.24) is 0 Å². The fourth-order valence-electron chi connectivity index (χ4n) is 0.880. The van der Waals surface area contributed by atoms with Crippen LogP contribution < -0.4 is 0 Å². The predicted octanol–water partition coefficient (Wildman–Crippen LogP) is 2.61. The minimum atomic E-state index is -1.12. The Kier molecular flexibility index (Phi) is 3.28. The molecule has 4 nitrogen and oxygen atoms in total. The molecule has 14 heavy (non-hydrogen) atoms. The third-order valence-electron chi connectivity index (χ3n) is 1.54. The highest BCUT2D eigenvalue weighted by Gasteiger charge is 2.17. The fourth-order valence-corrected chi connectivity index (χ4v) is 1.91. The van der Waals surface area contributed by atoms with Crippen LogP contribution in [0.5, 0.6) is 0 Å². The highest BCUT2D eigenvalue weighted by Crippen LogP contribution is 2.30. The van der Waals surface area contributed by atoms with Gasteiger partial charge in [0.2, 0.25) is 0 Å². The Morgan fingerprint density at radius 2 is 1.21 bits per heavy atom. The average molecular weight is 324 g/mol. The molecule has 0 aliphatic rings. The summed E-state index contributed by atoms with van der Waals surface area (Å²) in [7, 11) is 0. The number of carboxylic acids is 2. The largest absolute Gasteiger partial charge is 0.478 e. The summed E-state index contributed by atoms with van der Waals surface area (Å²) in [6, 6.07) is 2.47. The van der Waals surface area contributed by atoms with Gasteiger partial charge in [0.1, 0.15) is 0 Å². The molecule has 0 heterocycles. The molecule has 74 valence electrons. The summed E-state index contributed by atoms with van der Waals surface area (Å²) in [4.78, 5) is 21.3. The lowest BCUT2D eigenvalue weighted by Gasteiger charge is -2.04. The minimum Gasteiger partial charge on any atom is -0.478 e. The van der Waals surface area contributed by atoms with Gasteiger partial charge in [0.05, 0.1) is 11.1 Å². The van der Waals surface area contributed by atoms with E-state index in [-0.39, 0.29) is 20.1 Å². The van der Waals surface area contributed by atoms with Crippen molar-refractivity contribution in [3.8, 4) is 0 Å². The van der Waals surface area contributed by atoms with E-state index in [1.54, 1.807) is 0 Å². The first-order chi connectivity index (χ1) is 6.45. The van der Waals surface area contributed by atoms with Crippen LogP contribution in [0.2, 0.25) is 0 Å². The van der Waals surface area contributed by atoms with E-state index in [1.807, 2.05) is 0 Å². The molecule has 1 aromatic rings. The smallest absolute Gasteiger partial charge is 0.336 e. The Hall–Kier alpha value is -0.880. The molecule has 0 aromatic heterocycles. The zero-order chi connectivity index (χ0) is 10.9. The van der Waals surface area contributed by atoms with Gasteiger partial charge in [-0.1, -0.05) is 0 Å². The summed E-state index contributed by atoms with van der Waals surface area (Å²) in [5.74, 6) is -2.23. The number of hydrogen-bond acceptors (Lipinski definition) is 2. The summed E-state index contributed by atoms with van der Waals surface area (Å²) < 4.78 is 0.454. The van der Waals surface area contributed by atoms with Crippen molar-refractivity contribution < 1.29 is 19.8 Å². The number of rotatable bonds is 2. The van der Waals surface area contributed by atoms with Gasteiger partial charge in [-0.2, -0.15) is 0 Å². The summed E-state index contributed by atoms with van der Waals surface area (Å²) in [5, 5.41) is 17.4. The van der Waals surface area contributed by atoms with Gasteiger partial charge in [-0.25, -0.2) is 9.59 Å². The maximum Gasteiger partial charge on any atom is 0.336 e. The topological polar surface area (TPSA) is 74.6 Å². The first kappa shape index (κ1) is 11.2. The molecule has 0 amide bonds. The number of aromatic carboxylic acids is 2.